The Morgan fingerprint density at radius 2 is 2.33 bits per heavy atom. The molecule has 2 heterocycles. The zero-order valence-electron chi connectivity index (χ0n) is 10.3. The van der Waals surface area contributed by atoms with Gasteiger partial charge in [0.15, 0.2) is 0 Å². The summed E-state index contributed by atoms with van der Waals surface area (Å²) in [4.78, 5) is 20.1. The van der Waals surface area contributed by atoms with Crippen LogP contribution >= 0.6 is 0 Å². The van der Waals surface area contributed by atoms with E-state index in [9.17, 15) is 15.2 Å². The lowest BCUT2D eigenvalue weighted by Gasteiger charge is -2.19. The summed E-state index contributed by atoms with van der Waals surface area (Å²) in [6.07, 6.45) is 1.84. The minimum Gasteiger partial charge on any atom is -0.388 e. The molecular formula is C10H15N5O3. The monoisotopic (exact) mass is 253 g/mol. The molecule has 1 aliphatic rings. The first-order valence-corrected chi connectivity index (χ1v) is 5.59. The van der Waals surface area contributed by atoms with Gasteiger partial charge in [0.25, 0.3) is 0 Å². The fourth-order valence-corrected chi connectivity index (χ4v) is 2.08. The molecule has 1 unspecified atom stereocenters. The molecule has 2 N–H and O–H groups in total. The molecule has 0 radical (unpaired) electrons. The summed E-state index contributed by atoms with van der Waals surface area (Å²) >= 11 is 0. The Morgan fingerprint density at radius 1 is 1.61 bits per heavy atom. The smallest absolute Gasteiger partial charge is 0.353 e. The predicted octanol–water partition coefficient (Wildman–Crippen LogP) is 0.388. The van der Waals surface area contributed by atoms with E-state index in [0.29, 0.717) is 19.5 Å². The van der Waals surface area contributed by atoms with Gasteiger partial charge in [-0.05, 0) is 13.3 Å². The molecule has 98 valence electrons. The molecule has 1 fully saturated rings. The summed E-state index contributed by atoms with van der Waals surface area (Å²) in [5.41, 5.74) is -0.990. The van der Waals surface area contributed by atoms with Gasteiger partial charge in [-0.1, -0.05) is 0 Å². The van der Waals surface area contributed by atoms with E-state index < -0.39 is 10.5 Å². The van der Waals surface area contributed by atoms with E-state index in [1.165, 1.54) is 6.33 Å². The van der Waals surface area contributed by atoms with Crippen molar-refractivity contribution in [2.75, 3.05) is 30.4 Å². The summed E-state index contributed by atoms with van der Waals surface area (Å²) in [7, 11) is 1.57. The van der Waals surface area contributed by atoms with Crippen LogP contribution in [0, 0.1) is 10.1 Å². The maximum atomic E-state index is 11.1. The van der Waals surface area contributed by atoms with Crippen LogP contribution in [0.3, 0.4) is 0 Å². The Hall–Kier alpha value is -1.96. The molecule has 8 nitrogen and oxygen atoms in total. The third-order valence-electron chi connectivity index (χ3n) is 2.97. The van der Waals surface area contributed by atoms with Crippen LogP contribution in [0.4, 0.5) is 17.3 Å². The summed E-state index contributed by atoms with van der Waals surface area (Å²) in [6.45, 7) is 2.57. The second-order valence-corrected chi connectivity index (χ2v) is 4.57. The van der Waals surface area contributed by atoms with Crippen LogP contribution in [0.5, 0.6) is 0 Å². The molecule has 0 aliphatic carbocycles. The van der Waals surface area contributed by atoms with Crippen LogP contribution in [0.15, 0.2) is 6.33 Å². The lowest BCUT2D eigenvalue weighted by Crippen LogP contribution is -2.30. The molecule has 1 aromatic rings. The summed E-state index contributed by atoms with van der Waals surface area (Å²) in [6, 6.07) is 0. The Labute approximate surface area is 104 Å². The summed E-state index contributed by atoms with van der Waals surface area (Å²) in [5, 5.41) is 23.7. The van der Waals surface area contributed by atoms with E-state index in [1.807, 2.05) is 0 Å². The Kier molecular flexibility index (Phi) is 3.04. The van der Waals surface area contributed by atoms with E-state index in [4.69, 9.17) is 0 Å². The molecule has 1 saturated heterocycles. The minimum absolute atomic E-state index is 0.155. The number of nitrogens with zero attached hydrogens (tertiary/aromatic N) is 4. The zero-order chi connectivity index (χ0) is 13.3. The van der Waals surface area contributed by atoms with Gasteiger partial charge in [0.2, 0.25) is 11.6 Å². The van der Waals surface area contributed by atoms with Crippen molar-refractivity contribution < 1.29 is 10.0 Å². The molecule has 0 bridgehead atoms. The average molecular weight is 253 g/mol. The van der Waals surface area contributed by atoms with Crippen LogP contribution in [-0.4, -0.2) is 45.7 Å². The van der Waals surface area contributed by atoms with Gasteiger partial charge in [0.05, 0.1) is 10.5 Å². The molecule has 1 atom stereocenters. The maximum absolute atomic E-state index is 11.1. The fraction of sp³-hybridized carbons (Fsp3) is 0.600. The molecule has 1 aromatic heterocycles. The number of rotatable bonds is 3. The summed E-state index contributed by atoms with van der Waals surface area (Å²) < 4.78 is 0. The standard InChI is InChI=1S/C10H15N5O3/c1-10(16)3-4-14(5-10)9-7(15(17)18)8(11-2)12-6-13-9/h6,16H,3-5H2,1-2H3,(H,11,12,13). The van der Waals surface area contributed by atoms with Crippen molar-refractivity contribution in [3.8, 4) is 0 Å². The molecular weight excluding hydrogens is 238 g/mol. The van der Waals surface area contributed by atoms with Gasteiger partial charge >= 0.3 is 5.69 Å². The highest BCUT2D eigenvalue weighted by atomic mass is 16.6. The van der Waals surface area contributed by atoms with Gasteiger partial charge in [0.1, 0.15) is 6.33 Å². The minimum atomic E-state index is -0.835. The number of anilines is 2. The molecule has 0 amide bonds. The first-order chi connectivity index (χ1) is 8.44. The van der Waals surface area contributed by atoms with Gasteiger partial charge in [-0.15, -0.1) is 0 Å². The van der Waals surface area contributed by atoms with Crippen LogP contribution in [0.25, 0.3) is 0 Å². The summed E-state index contributed by atoms with van der Waals surface area (Å²) in [5.74, 6) is 0.425. The van der Waals surface area contributed by atoms with Crippen molar-refractivity contribution in [3.05, 3.63) is 16.4 Å². The topological polar surface area (TPSA) is 104 Å². The number of hydrogen-bond acceptors (Lipinski definition) is 7. The van der Waals surface area contributed by atoms with Gasteiger partial charge in [-0.2, -0.15) is 0 Å². The van der Waals surface area contributed by atoms with Crippen molar-refractivity contribution in [1.82, 2.24) is 9.97 Å². The van der Waals surface area contributed by atoms with Gasteiger partial charge in [0, 0.05) is 20.1 Å². The van der Waals surface area contributed by atoms with Crippen LogP contribution in [-0.2, 0) is 0 Å². The second-order valence-electron chi connectivity index (χ2n) is 4.57. The van der Waals surface area contributed by atoms with E-state index >= 15 is 0 Å². The van der Waals surface area contributed by atoms with Crippen LogP contribution < -0.4 is 10.2 Å². The third kappa shape index (κ3) is 2.19. The van der Waals surface area contributed by atoms with Gasteiger partial charge < -0.3 is 15.3 Å². The largest absolute Gasteiger partial charge is 0.388 e. The molecule has 8 heteroatoms. The quantitative estimate of drug-likeness (QED) is 0.593. The SMILES string of the molecule is CNc1ncnc(N2CCC(C)(O)C2)c1[N+](=O)[O-]. The first-order valence-electron chi connectivity index (χ1n) is 5.59. The van der Waals surface area contributed by atoms with Crippen molar-refractivity contribution in [1.29, 1.82) is 0 Å². The predicted molar refractivity (Wildman–Crippen MR) is 65.7 cm³/mol. The van der Waals surface area contributed by atoms with Gasteiger partial charge in [-0.3, -0.25) is 10.1 Å². The number of β-amino-alcohol motifs (C(OH)–C–C–N with tert-alkyl or cyclic N) is 1. The van der Waals surface area contributed by atoms with E-state index in [0.717, 1.165) is 0 Å². The molecule has 18 heavy (non-hydrogen) atoms. The number of nitro groups is 1. The van der Waals surface area contributed by atoms with E-state index in [2.05, 4.69) is 15.3 Å². The molecule has 0 aromatic carbocycles. The zero-order valence-corrected chi connectivity index (χ0v) is 10.3. The molecule has 0 saturated carbocycles. The Bertz CT molecular complexity index is 477. The highest BCUT2D eigenvalue weighted by Gasteiger charge is 2.36. The molecule has 0 spiro atoms. The van der Waals surface area contributed by atoms with E-state index in [1.54, 1.807) is 18.9 Å². The van der Waals surface area contributed by atoms with Crippen LogP contribution in [0.2, 0.25) is 0 Å². The van der Waals surface area contributed by atoms with E-state index in [-0.39, 0.29) is 17.3 Å². The van der Waals surface area contributed by atoms with Gasteiger partial charge in [-0.25, -0.2) is 9.97 Å². The lowest BCUT2D eigenvalue weighted by atomic mass is 10.1. The number of aliphatic hydroxyl groups is 1. The number of hydrogen-bond donors (Lipinski definition) is 2. The molecule has 1 aliphatic heterocycles. The number of nitrogens with one attached hydrogen (secondary N) is 1. The highest BCUT2D eigenvalue weighted by molar-refractivity contribution is 5.70. The third-order valence-corrected chi connectivity index (χ3v) is 2.97. The Morgan fingerprint density at radius 3 is 2.83 bits per heavy atom. The number of aromatic nitrogens is 2. The lowest BCUT2D eigenvalue weighted by molar-refractivity contribution is -0.383. The second kappa shape index (κ2) is 4.37. The maximum Gasteiger partial charge on any atom is 0.353 e. The Balaban J connectivity index is 2.42. The first kappa shape index (κ1) is 12.5. The van der Waals surface area contributed by atoms with Crippen molar-refractivity contribution >= 4 is 17.3 Å². The van der Waals surface area contributed by atoms with Crippen molar-refractivity contribution in [2.24, 2.45) is 0 Å². The fourth-order valence-electron chi connectivity index (χ4n) is 2.08. The van der Waals surface area contributed by atoms with Crippen molar-refractivity contribution in [3.63, 3.8) is 0 Å². The normalized spacial score (nSPS) is 23.2. The van der Waals surface area contributed by atoms with Crippen LogP contribution in [0.1, 0.15) is 13.3 Å². The molecule has 2 rings (SSSR count). The average Bonchev–Trinajstić information content (AvgIpc) is 2.68. The van der Waals surface area contributed by atoms with Crippen molar-refractivity contribution in [2.45, 2.75) is 18.9 Å². The highest BCUT2D eigenvalue weighted by Crippen LogP contribution is 2.35.